The molecular formula is C5H13BrN2O. The van der Waals surface area contributed by atoms with E-state index in [9.17, 15) is 0 Å². The molecule has 3 N–H and O–H groups in total. The molecular weight excluding hydrogens is 184 g/mol. The summed E-state index contributed by atoms with van der Waals surface area (Å²) in [5.41, 5.74) is 2.24. The fourth-order valence-corrected chi connectivity index (χ4v) is 0.962. The van der Waals surface area contributed by atoms with Crippen molar-refractivity contribution in [1.29, 1.82) is 0 Å². The van der Waals surface area contributed by atoms with Crippen LogP contribution < -0.4 is 10.8 Å². The summed E-state index contributed by atoms with van der Waals surface area (Å²) in [6.45, 7) is 1.99. The van der Waals surface area contributed by atoms with Crippen molar-refractivity contribution in [3.63, 3.8) is 0 Å². The van der Waals surface area contributed by atoms with Gasteiger partial charge in [0.25, 0.3) is 0 Å². The molecule has 0 amide bonds. The third-order valence-electron chi connectivity index (χ3n) is 1.48. The van der Waals surface area contributed by atoms with Crippen molar-refractivity contribution in [2.45, 2.75) is 18.9 Å². The second-order valence-corrected chi connectivity index (χ2v) is 2.17. The van der Waals surface area contributed by atoms with E-state index in [0.717, 1.165) is 25.9 Å². The van der Waals surface area contributed by atoms with Crippen LogP contribution in [0.15, 0.2) is 0 Å². The second-order valence-electron chi connectivity index (χ2n) is 2.17. The van der Waals surface area contributed by atoms with Gasteiger partial charge < -0.3 is 10.5 Å². The Morgan fingerprint density at radius 1 is 1.56 bits per heavy atom. The SMILES string of the molecule is Br.ONC1CCCNC1. The normalized spacial score (nSPS) is 27.0. The Hall–Kier alpha value is 0.360. The van der Waals surface area contributed by atoms with Gasteiger partial charge in [-0.2, -0.15) is 0 Å². The summed E-state index contributed by atoms with van der Waals surface area (Å²) < 4.78 is 0. The highest BCUT2D eigenvalue weighted by Gasteiger charge is 2.09. The first-order valence-corrected chi connectivity index (χ1v) is 3.04. The predicted octanol–water partition coefficient (Wildman–Crippen LogP) is 0.295. The minimum Gasteiger partial charge on any atom is -0.316 e. The van der Waals surface area contributed by atoms with Gasteiger partial charge in [-0.25, -0.2) is 5.48 Å². The highest BCUT2D eigenvalue weighted by atomic mass is 79.9. The first kappa shape index (κ1) is 9.36. The third-order valence-corrected chi connectivity index (χ3v) is 1.48. The summed E-state index contributed by atoms with van der Waals surface area (Å²) in [7, 11) is 0. The molecule has 3 nitrogen and oxygen atoms in total. The van der Waals surface area contributed by atoms with Gasteiger partial charge in [0.1, 0.15) is 0 Å². The van der Waals surface area contributed by atoms with Gasteiger partial charge in [-0.15, -0.1) is 17.0 Å². The highest BCUT2D eigenvalue weighted by Crippen LogP contribution is 1.98. The largest absolute Gasteiger partial charge is 0.316 e. The van der Waals surface area contributed by atoms with Crippen LogP contribution in [0.4, 0.5) is 0 Å². The maximum absolute atomic E-state index is 8.40. The number of halogens is 1. The molecule has 1 saturated heterocycles. The monoisotopic (exact) mass is 196 g/mol. The molecule has 0 spiro atoms. The van der Waals surface area contributed by atoms with Gasteiger partial charge in [0.15, 0.2) is 0 Å². The van der Waals surface area contributed by atoms with Crippen LogP contribution in [0.5, 0.6) is 0 Å². The number of nitrogens with one attached hydrogen (secondary N) is 2. The average molecular weight is 197 g/mol. The van der Waals surface area contributed by atoms with E-state index in [1.807, 2.05) is 0 Å². The summed E-state index contributed by atoms with van der Waals surface area (Å²) in [5, 5.41) is 11.6. The molecule has 0 aromatic carbocycles. The van der Waals surface area contributed by atoms with Crippen molar-refractivity contribution in [2.24, 2.45) is 0 Å². The van der Waals surface area contributed by atoms with Gasteiger partial charge in [-0.05, 0) is 19.4 Å². The van der Waals surface area contributed by atoms with E-state index >= 15 is 0 Å². The molecule has 9 heavy (non-hydrogen) atoms. The first-order valence-electron chi connectivity index (χ1n) is 3.04. The van der Waals surface area contributed by atoms with Gasteiger partial charge in [0, 0.05) is 12.6 Å². The molecule has 0 bridgehead atoms. The lowest BCUT2D eigenvalue weighted by molar-refractivity contribution is 0.113. The summed E-state index contributed by atoms with van der Waals surface area (Å²) in [5.74, 6) is 0. The highest BCUT2D eigenvalue weighted by molar-refractivity contribution is 8.93. The number of hydroxylamine groups is 1. The Labute approximate surface area is 65.6 Å². The quantitative estimate of drug-likeness (QED) is 0.529. The van der Waals surface area contributed by atoms with Gasteiger partial charge in [0.2, 0.25) is 0 Å². The van der Waals surface area contributed by atoms with Crippen molar-refractivity contribution < 1.29 is 5.21 Å². The minimum absolute atomic E-state index is 0. The molecule has 1 atom stereocenters. The number of piperidine rings is 1. The number of hydrogen-bond donors (Lipinski definition) is 3. The molecule has 1 heterocycles. The second kappa shape index (κ2) is 5.17. The number of hydrogen-bond acceptors (Lipinski definition) is 3. The lowest BCUT2D eigenvalue weighted by atomic mass is 10.1. The van der Waals surface area contributed by atoms with Crippen LogP contribution in [0, 0.1) is 0 Å². The Balaban J connectivity index is 0.000000640. The number of rotatable bonds is 1. The first-order chi connectivity index (χ1) is 3.93. The fraction of sp³-hybridized carbons (Fsp3) is 1.00. The van der Waals surface area contributed by atoms with Crippen LogP contribution in [0.3, 0.4) is 0 Å². The van der Waals surface area contributed by atoms with Crippen molar-refractivity contribution in [1.82, 2.24) is 10.8 Å². The zero-order chi connectivity index (χ0) is 5.82. The zero-order valence-corrected chi connectivity index (χ0v) is 6.97. The van der Waals surface area contributed by atoms with Crippen LogP contribution >= 0.6 is 17.0 Å². The Morgan fingerprint density at radius 2 is 2.33 bits per heavy atom. The molecule has 0 aliphatic carbocycles. The third kappa shape index (κ3) is 3.15. The van der Waals surface area contributed by atoms with Gasteiger partial charge >= 0.3 is 0 Å². The van der Waals surface area contributed by atoms with E-state index in [2.05, 4.69) is 10.8 Å². The summed E-state index contributed by atoms with van der Waals surface area (Å²) in [4.78, 5) is 0. The van der Waals surface area contributed by atoms with E-state index < -0.39 is 0 Å². The molecule has 1 unspecified atom stereocenters. The van der Waals surface area contributed by atoms with Crippen LogP contribution in [-0.4, -0.2) is 24.3 Å². The maximum atomic E-state index is 8.40. The van der Waals surface area contributed by atoms with Crippen LogP contribution in [0.1, 0.15) is 12.8 Å². The van der Waals surface area contributed by atoms with Crippen molar-refractivity contribution in [3.05, 3.63) is 0 Å². The smallest absolute Gasteiger partial charge is 0.0444 e. The lowest BCUT2D eigenvalue weighted by Gasteiger charge is -2.20. The van der Waals surface area contributed by atoms with Gasteiger partial charge in [-0.3, -0.25) is 0 Å². The zero-order valence-electron chi connectivity index (χ0n) is 5.26. The molecule has 1 fully saturated rings. The fourth-order valence-electron chi connectivity index (χ4n) is 0.962. The molecule has 56 valence electrons. The van der Waals surface area contributed by atoms with E-state index in [1.165, 1.54) is 0 Å². The van der Waals surface area contributed by atoms with Gasteiger partial charge in [-0.1, -0.05) is 0 Å². The lowest BCUT2D eigenvalue weighted by Crippen LogP contribution is -2.41. The van der Waals surface area contributed by atoms with Crippen LogP contribution in [0.25, 0.3) is 0 Å². The average Bonchev–Trinajstić information content (AvgIpc) is 1.90. The summed E-state index contributed by atoms with van der Waals surface area (Å²) in [6.07, 6.45) is 2.25. The van der Waals surface area contributed by atoms with Crippen LogP contribution in [-0.2, 0) is 0 Å². The topological polar surface area (TPSA) is 44.3 Å². The van der Waals surface area contributed by atoms with Crippen molar-refractivity contribution in [3.8, 4) is 0 Å². The molecule has 0 aromatic rings. The molecule has 1 aliphatic rings. The van der Waals surface area contributed by atoms with Gasteiger partial charge in [0.05, 0.1) is 0 Å². The van der Waals surface area contributed by atoms with Crippen molar-refractivity contribution >= 4 is 17.0 Å². The van der Waals surface area contributed by atoms with Crippen LogP contribution in [0.2, 0.25) is 0 Å². The molecule has 1 rings (SSSR count). The van der Waals surface area contributed by atoms with E-state index in [-0.39, 0.29) is 23.0 Å². The maximum Gasteiger partial charge on any atom is 0.0444 e. The standard InChI is InChI=1S/C5H12N2O.BrH/c8-7-5-2-1-3-6-4-5;/h5-8H,1-4H2;1H. The Kier molecular flexibility index (Phi) is 5.38. The van der Waals surface area contributed by atoms with E-state index in [4.69, 9.17) is 5.21 Å². The molecule has 0 radical (unpaired) electrons. The van der Waals surface area contributed by atoms with E-state index in [0.29, 0.717) is 0 Å². The minimum atomic E-state index is 0. The predicted molar refractivity (Wildman–Crippen MR) is 41.1 cm³/mol. The molecule has 0 saturated carbocycles. The molecule has 4 heteroatoms. The molecule has 0 aromatic heterocycles. The Morgan fingerprint density at radius 3 is 2.67 bits per heavy atom. The summed E-state index contributed by atoms with van der Waals surface area (Å²) in [6, 6.07) is 0.281. The Bertz CT molecular complexity index is 66.0. The van der Waals surface area contributed by atoms with Crippen molar-refractivity contribution in [2.75, 3.05) is 13.1 Å². The van der Waals surface area contributed by atoms with E-state index in [1.54, 1.807) is 0 Å². The summed E-state index contributed by atoms with van der Waals surface area (Å²) >= 11 is 0. The molecule has 1 aliphatic heterocycles.